The average molecular weight is 214 g/mol. The third-order valence-electron chi connectivity index (χ3n) is 3.07. The zero-order valence-corrected chi connectivity index (χ0v) is 9.51. The Bertz CT molecular complexity index is 526. The van der Waals surface area contributed by atoms with E-state index in [0.717, 1.165) is 11.4 Å². The van der Waals surface area contributed by atoms with Gasteiger partial charge in [0.1, 0.15) is 0 Å². The minimum atomic E-state index is 0.493. The lowest BCUT2D eigenvalue weighted by molar-refractivity contribution is 0.537. The Hall–Kier alpha value is -1.71. The van der Waals surface area contributed by atoms with Gasteiger partial charge in [-0.25, -0.2) is 0 Å². The highest BCUT2D eigenvalue weighted by atomic mass is 15.6. The van der Waals surface area contributed by atoms with Gasteiger partial charge in [0.05, 0.1) is 6.04 Å². The number of hydrogen-bond acceptors (Lipinski definition) is 3. The van der Waals surface area contributed by atoms with Crippen LogP contribution in [0.25, 0.3) is 11.4 Å². The van der Waals surface area contributed by atoms with E-state index >= 15 is 0 Å². The van der Waals surface area contributed by atoms with E-state index in [1.807, 2.05) is 0 Å². The Balaban J connectivity index is 1.97. The van der Waals surface area contributed by atoms with E-state index in [0.29, 0.717) is 6.04 Å². The predicted octanol–water partition coefficient (Wildman–Crippen LogP) is 2.29. The van der Waals surface area contributed by atoms with Crippen LogP contribution in [-0.2, 0) is 0 Å². The van der Waals surface area contributed by atoms with Crippen LogP contribution in [0.4, 0.5) is 0 Å². The molecule has 0 bridgehead atoms. The summed E-state index contributed by atoms with van der Waals surface area (Å²) in [5, 5.41) is 12.6. The van der Waals surface area contributed by atoms with Crippen LogP contribution >= 0.6 is 0 Å². The Morgan fingerprint density at radius 2 is 2.00 bits per heavy atom. The summed E-state index contributed by atoms with van der Waals surface area (Å²) in [6.45, 7) is 4.21. The second-order valence-electron chi connectivity index (χ2n) is 4.46. The number of hydrogen-bond donors (Lipinski definition) is 0. The fraction of sp³-hybridized carbons (Fsp3) is 0.417. The predicted molar refractivity (Wildman–Crippen MR) is 61.0 cm³/mol. The van der Waals surface area contributed by atoms with Crippen LogP contribution in [-0.4, -0.2) is 20.2 Å². The summed E-state index contributed by atoms with van der Waals surface area (Å²) in [5.74, 6) is 0.731. The number of nitrogens with zero attached hydrogens (tertiary/aromatic N) is 4. The smallest absolute Gasteiger partial charge is 0.161 e. The van der Waals surface area contributed by atoms with Crippen LogP contribution in [0.1, 0.15) is 30.0 Å². The van der Waals surface area contributed by atoms with Gasteiger partial charge in [0, 0.05) is 5.56 Å². The summed E-state index contributed by atoms with van der Waals surface area (Å²) in [6, 6.07) is 6.76. The van der Waals surface area contributed by atoms with Crippen molar-refractivity contribution >= 4 is 0 Å². The summed E-state index contributed by atoms with van der Waals surface area (Å²) in [4.78, 5) is 1.74. The Morgan fingerprint density at radius 1 is 1.19 bits per heavy atom. The van der Waals surface area contributed by atoms with Crippen molar-refractivity contribution in [2.24, 2.45) is 0 Å². The molecule has 1 heterocycles. The van der Waals surface area contributed by atoms with Gasteiger partial charge in [-0.05, 0) is 49.1 Å². The minimum Gasteiger partial charge on any atom is -0.161 e. The van der Waals surface area contributed by atoms with Crippen LogP contribution < -0.4 is 0 Å². The first kappa shape index (κ1) is 9.51. The molecule has 3 rings (SSSR count). The molecule has 4 nitrogen and oxygen atoms in total. The SMILES string of the molecule is Cc1ccc(-c2nnn(C3CC3)n2)cc1C. The maximum absolute atomic E-state index is 4.41. The second-order valence-corrected chi connectivity index (χ2v) is 4.46. The van der Waals surface area contributed by atoms with Crippen LogP contribution in [0.15, 0.2) is 18.2 Å². The van der Waals surface area contributed by atoms with Gasteiger partial charge >= 0.3 is 0 Å². The molecule has 1 aromatic heterocycles. The van der Waals surface area contributed by atoms with Gasteiger partial charge in [-0.15, -0.1) is 10.2 Å². The lowest BCUT2D eigenvalue weighted by Crippen LogP contribution is -1.98. The molecule has 82 valence electrons. The highest BCUT2D eigenvalue weighted by Crippen LogP contribution is 2.33. The van der Waals surface area contributed by atoms with Gasteiger partial charge in [-0.3, -0.25) is 0 Å². The van der Waals surface area contributed by atoms with Crippen LogP contribution in [0.5, 0.6) is 0 Å². The fourth-order valence-corrected chi connectivity index (χ4v) is 1.68. The summed E-state index contributed by atoms with van der Waals surface area (Å²) < 4.78 is 0. The van der Waals surface area contributed by atoms with Crippen molar-refractivity contribution in [1.82, 2.24) is 20.2 Å². The van der Waals surface area contributed by atoms with Gasteiger partial charge in [-0.2, -0.15) is 4.80 Å². The number of aryl methyl sites for hydroxylation is 2. The largest absolute Gasteiger partial charge is 0.204 e. The maximum Gasteiger partial charge on any atom is 0.204 e. The van der Waals surface area contributed by atoms with E-state index < -0.39 is 0 Å². The van der Waals surface area contributed by atoms with Gasteiger partial charge in [-0.1, -0.05) is 12.1 Å². The van der Waals surface area contributed by atoms with E-state index in [4.69, 9.17) is 0 Å². The number of benzene rings is 1. The third kappa shape index (κ3) is 1.60. The van der Waals surface area contributed by atoms with E-state index in [1.165, 1.54) is 24.0 Å². The molecule has 2 aromatic rings. The highest BCUT2D eigenvalue weighted by molar-refractivity contribution is 5.56. The summed E-state index contributed by atoms with van der Waals surface area (Å²) in [7, 11) is 0. The monoisotopic (exact) mass is 214 g/mol. The molecule has 0 radical (unpaired) electrons. The molecule has 0 saturated heterocycles. The molecule has 0 N–H and O–H groups in total. The van der Waals surface area contributed by atoms with Crippen LogP contribution in [0, 0.1) is 13.8 Å². The van der Waals surface area contributed by atoms with Gasteiger partial charge in [0.25, 0.3) is 0 Å². The zero-order chi connectivity index (χ0) is 11.1. The van der Waals surface area contributed by atoms with Crippen molar-refractivity contribution in [2.75, 3.05) is 0 Å². The molecule has 1 aliphatic rings. The molecule has 4 heteroatoms. The summed E-state index contributed by atoms with van der Waals surface area (Å²) >= 11 is 0. The Kier molecular flexibility index (Phi) is 2.02. The summed E-state index contributed by atoms with van der Waals surface area (Å²) in [6.07, 6.45) is 2.37. The molecule has 1 aromatic carbocycles. The quantitative estimate of drug-likeness (QED) is 0.770. The first-order valence-corrected chi connectivity index (χ1v) is 5.61. The Labute approximate surface area is 94.3 Å². The highest BCUT2D eigenvalue weighted by Gasteiger charge is 2.26. The van der Waals surface area contributed by atoms with Gasteiger partial charge in [0.2, 0.25) is 5.82 Å². The molecule has 0 aliphatic heterocycles. The Morgan fingerprint density at radius 3 is 2.69 bits per heavy atom. The standard InChI is InChI=1S/C12H14N4/c1-8-3-4-10(7-9(8)2)12-13-15-16(14-12)11-5-6-11/h3-4,7,11H,5-6H2,1-2H3. The molecule has 1 saturated carbocycles. The topological polar surface area (TPSA) is 43.6 Å². The van der Waals surface area contributed by atoms with Crippen molar-refractivity contribution in [2.45, 2.75) is 32.7 Å². The van der Waals surface area contributed by atoms with E-state index in [-0.39, 0.29) is 0 Å². The number of rotatable bonds is 2. The normalized spacial score (nSPS) is 15.4. The maximum atomic E-state index is 4.41. The lowest BCUT2D eigenvalue weighted by atomic mass is 10.1. The molecule has 0 atom stereocenters. The van der Waals surface area contributed by atoms with Crippen LogP contribution in [0.3, 0.4) is 0 Å². The van der Waals surface area contributed by atoms with E-state index in [9.17, 15) is 0 Å². The van der Waals surface area contributed by atoms with Crippen molar-refractivity contribution in [1.29, 1.82) is 0 Å². The van der Waals surface area contributed by atoms with Gasteiger partial charge in [0.15, 0.2) is 0 Å². The van der Waals surface area contributed by atoms with Crippen molar-refractivity contribution in [3.63, 3.8) is 0 Å². The molecule has 1 aliphatic carbocycles. The number of tetrazole rings is 1. The van der Waals surface area contributed by atoms with Crippen LogP contribution in [0.2, 0.25) is 0 Å². The first-order chi connectivity index (χ1) is 7.74. The van der Waals surface area contributed by atoms with E-state index in [1.54, 1.807) is 4.80 Å². The molecule has 0 unspecified atom stereocenters. The average Bonchev–Trinajstić information content (AvgIpc) is 3.01. The fourth-order valence-electron chi connectivity index (χ4n) is 1.68. The van der Waals surface area contributed by atoms with E-state index in [2.05, 4.69) is 47.5 Å². The zero-order valence-electron chi connectivity index (χ0n) is 9.51. The second kappa shape index (κ2) is 3.40. The van der Waals surface area contributed by atoms with Gasteiger partial charge < -0.3 is 0 Å². The molecule has 1 fully saturated rings. The number of aromatic nitrogens is 4. The molecular formula is C12H14N4. The summed E-state index contributed by atoms with van der Waals surface area (Å²) in [5.41, 5.74) is 3.61. The minimum absolute atomic E-state index is 0.493. The van der Waals surface area contributed by atoms with Crippen molar-refractivity contribution in [3.05, 3.63) is 29.3 Å². The molecule has 16 heavy (non-hydrogen) atoms. The molecular weight excluding hydrogens is 200 g/mol. The first-order valence-electron chi connectivity index (χ1n) is 5.61. The lowest BCUT2D eigenvalue weighted by Gasteiger charge is -2.00. The molecule has 0 amide bonds. The van der Waals surface area contributed by atoms with Crippen molar-refractivity contribution < 1.29 is 0 Å². The van der Waals surface area contributed by atoms with Crippen molar-refractivity contribution in [3.8, 4) is 11.4 Å². The molecule has 0 spiro atoms. The third-order valence-corrected chi connectivity index (χ3v) is 3.07.